The molecule has 6 heteroatoms. The standard InChI is InChI=1S/C12H17N5O/c1-9(2)17-7-6-11(16-17)13-8-10-4-5-12(18-3)15-14-10/h4-7,9H,8H2,1-3H3,(H,13,16). The highest BCUT2D eigenvalue weighted by atomic mass is 16.5. The Labute approximate surface area is 106 Å². The molecule has 0 saturated carbocycles. The van der Waals surface area contributed by atoms with Gasteiger partial charge in [-0.2, -0.15) is 10.2 Å². The molecule has 18 heavy (non-hydrogen) atoms. The molecule has 0 radical (unpaired) electrons. The summed E-state index contributed by atoms with van der Waals surface area (Å²) < 4.78 is 6.86. The molecular formula is C12H17N5O. The normalized spacial score (nSPS) is 10.7. The van der Waals surface area contributed by atoms with E-state index >= 15 is 0 Å². The number of rotatable bonds is 5. The Balaban J connectivity index is 1.93. The Kier molecular flexibility index (Phi) is 3.76. The quantitative estimate of drug-likeness (QED) is 0.873. The van der Waals surface area contributed by atoms with Crippen molar-refractivity contribution in [3.05, 3.63) is 30.1 Å². The third-order valence-electron chi connectivity index (χ3n) is 2.49. The van der Waals surface area contributed by atoms with Gasteiger partial charge in [0.15, 0.2) is 0 Å². The van der Waals surface area contributed by atoms with Crippen molar-refractivity contribution in [2.45, 2.75) is 26.4 Å². The Morgan fingerprint density at radius 1 is 1.28 bits per heavy atom. The smallest absolute Gasteiger partial charge is 0.233 e. The second-order valence-electron chi connectivity index (χ2n) is 4.20. The topological polar surface area (TPSA) is 64.9 Å². The predicted octanol–water partition coefficient (Wildman–Crippen LogP) is 1.87. The average molecular weight is 247 g/mol. The largest absolute Gasteiger partial charge is 0.480 e. The lowest BCUT2D eigenvalue weighted by Gasteiger charge is -2.05. The van der Waals surface area contributed by atoms with Gasteiger partial charge in [0.25, 0.3) is 0 Å². The molecule has 0 fully saturated rings. The van der Waals surface area contributed by atoms with Crippen molar-refractivity contribution in [2.75, 3.05) is 12.4 Å². The molecule has 0 aromatic carbocycles. The van der Waals surface area contributed by atoms with Gasteiger partial charge in [-0.15, -0.1) is 5.10 Å². The summed E-state index contributed by atoms with van der Waals surface area (Å²) >= 11 is 0. The summed E-state index contributed by atoms with van der Waals surface area (Å²) in [5.41, 5.74) is 0.842. The molecular weight excluding hydrogens is 230 g/mol. The number of hydrogen-bond acceptors (Lipinski definition) is 5. The van der Waals surface area contributed by atoms with Gasteiger partial charge < -0.3 is 10.1 Å². The van der Waals surface area contributed by atoms with Crippen LogP contribution in [0, 0.1) is 0 Å². The monoisotopic (exact) mass is 247 g/mol. The molecule has 2 aromatic rings. The highest BCUT2D eigenvalue weighted by Gasteiger charge is 2.02. The summed E-state index contributed by atoms with van der Waals surface area (Å²) in [5.74, 6) is 1.35. The molecule has 0 atom stereocenters. The zero-order valence-electron chi connectivity index (χ0n) is 10.8. The van der Waals surface area contributed by atoms with Crippen molar-refractivity contribution in [2.24, 2.45) is 0 Å². The van der Waals surface area contributed by atoms with Crippen molar-refractivity contribution in [1.82, 2.24) is 20.0 Å². The molecule has 0 aliphatic carbocycles. The lowest BCUT2D eigenvalue weighted by atomic mass is 10.4. The second kappa shape index (κ2) is 5.48. The van der Waals surface area contributed by atoms with Crippen LogP contribution in [0.15, 0.2) is 24.4 Å². The van der Waals surface area contributed by atoms with E-state index in [0.29, 0.717) is 18.5 Å². The van der Waals surface area contributed by atoms with Crippen LogP contribution in [0.3, 0.4) is 0 Å². The first-order valence-corrected chi connectivity index (χ1v) is 5.84. The number of hydrogen-bond donors (Lipinski definition) is 1. The molecule has 0 saturated heterocycles. The summed E-state index contributed by atoms with van der Waals surface area (Å²) in [6.07, 6.45) is 1.95. The minimum atomic E-state index is 0.362. The van der Waals surface area contributed by atoms with Gasteiger partial charge in [0, 0.05) is 24.4 Å². The van der Waals surface area contributed by atoms with Crippen LogP contribution in [0.5, 0.6) is 5.88 Å². The first-order valence-electron chi connectivity index (χ1n) is 5.84. The minimum absolute atomic E-state index is 0.362. The maximum Gasteiger partial charge on any atom is 0.233 e. The van der Waals surface area contributed by atoms with Crippen molar-refractivity contribution in [3.63, 3.8) is 0 Å². The second-order valence-corrected chi connectivity index (χ2v) is 4.20. The minimum Gasteiger partial charge on any atom is -0.480 e. The van der Waals surface area contributed by atoms with Gasteiger partial charge in [0.1, 0.15) is 5.82 Å². The van der Waals surface area contributed by atoms with Crippen molar-refractivity contribution < 1.29 is 4.74 Å². The third-order valence-corrected chi connectivity index (χ3v) is 2.49. The Bertz CT molecular complexity index is 491. The number of nitrogens with one attached hydrogen (secondary N) is 1. The van der Waals surface area contributed by atoms with Crippen LogP contribution in [-0.4, -0.2) is 27.1 Å². The fraction of sp³-hybridized carbons (Fsp3) is 0.417. The van der Waals surface area contributed by atoms with Crippen LogP contribution in [-0.2, 0) is 6.54 Å². The molecule has 0 aliphatic rings. The molecule has 2 aromatic heterocycles. The van der Waals surface area contributed by atoms with Crippen LogP contribution in [0.2, 0.25) is 0 Å². The summed E-state index contributed by atoms with van der Waals surface area (Å²) in [7, 11) is 1.57. The highest BCUT2D eigenvalue weighted by Crippen LogP contribution is 2.10. The van der Waals surface area contributed by atoms with Gasteiger partial charge >= 0.3 is 0 Å². The van der Waals surface area contributed by atoms with Crippen LogP contribution in [0.1, 0.15) is 25.6 Å². The molecule has 0 amide bonds. The van der Waals surface area contributed by atoms with E-state index in [2.05, 4.69) is 34.5 Å². The first-order chi connectivity index (χ1) is 8.69. The molecule has 2 heterocycles. The van der Waals surface area contributed by atoms with E-state index in [1.807, 2.05) is 23.0 Å². The van der Waals surface area contributed by atoms with Crippen molar-refractivity contribution >= 4 is 5.82 Å². The molecule has 0 bridgehead atoms. The SMILES string of the molecule is COc1ccc(CNc2ccn(C(C)C)n2)nn1. The summed E-state index contributed by atoms with van der Waals surface area (Å²) in [6, 6.07) is 5.97. The summed E-state index contributed by atoms with van der Waals surface area (Å²) in [5, 5.41) is 15.5. The highest BCUT2D eigenvalue weighted by molar-refractivity contribution is 5.33. The van der Waals surface area contributed by atoms with Crippen molar-refractivity contribution in [3.8, 4) is 5.88 Å². The van der Waals surface area contributed by atoms with Gasteiger partial charge in [-0.1, -0.05) is 0 Å². The van der Waals surface area contributed by atoms with E-state index in [-0.39, 0.29) is 0 Å². The van der Waals surface area contributed by atoms with E-state index in [0.717, 1.165) is 11.5 Å². The summed E-state index contributed by atoms with van der Waals surface area (Å²) in [6.45, 7) is 4.77. The Morgan fingerprint density at radius 3 is 2.67 bits per heavy atom. The van der Waals surface area contributed by atoms with E-state index in [1.54, 1.807) is 13.2 Å². The first kappa shape index (κ1) is 12.3. The van der Waals surface area contributed by atoms with Crippen LogP contribution < -0.4 is 10.1 Å². The fourth-order valence-corrected chi connectivity index (χ4v) is 1.45. The summed E-state index contributed by atoms with van der Waals surface area (Å²) in [4.78, 5) is 0. The third kappa shape index (κ3) is 2.97. The Hall–Kier alpha value is -2.11. The molecule has 96 valence electrons. The number of ether oxygens (including phenoxy) is 1. The van der Waals surface area contributed by atoms with Gasteiger partial charge in [0.2, 0.25) is 5.88 Å². The molecule has 2 rings (SSSR count). The number of nitrogens with zero attached hydrogens (tertiary/aromatic N) is 4. The van der Waals surface area contributed by atoms with E-state index < -0.39 is 0 Å². The van der Waals surface area contributed by atoms with Crippen LogP contribution in [0.25, 0.3) is 0 Å². The van der Waals surface area contributed by atoms with Crippen LogP contribution in [0.4, 0.5) is 5.82 Å². The number of methoxy groups -OCH3 is 1. The van der Waals surface area contributed by atoms with Gasteiger partial charge in [-0.3, -0.25) is 4.68 Å². The van der Waals surface area contributed by atoms with Crippen molar-refractivity contribution in [1.29, 1.82) is 0 Å². The van der Waals surface area contributed by atoms with E-state index in [1.165, 1.54) is 0 Å². The van der Waals surface area contributed by atoms with Gasteiger partial charge in [-0.25, -0.2) is 0 Å². The molecule has 6 nitrogen and oxygen atoms in total. The molecule has 1 N–H and O–H groups in total. The zero-order valence-corrected chi connectivity index (χ0v) is 10.8. The maximum absolute atomic E-state index is 4.95. The van der Waals surface area contributed by atoms with E-state index in [9.17, 15) is 0 Å². The lowest BCUT2D eigenvalue weighted by molar-refractivity contribution is 0.391. The van der Waals surface area contributed by atoms with Gasteiger partial charge in [0.05, 0.1) is 19.3 Å². The van der Waals surface area contributed by atoms with Crippen LogP contribution >= 0.6 is 0 Å². The predicted molar refractivity (Wildman–Crippen MR) is 68.5 cm³/mol. The number of anilines is 1. The molecule has 0 aliphatic heterocycles. The molecule has 0 spiro atoms. The van der Waals surface area contributed by atoms with E-state index in [4.69, 9.17) is 4.74 Å². The van der Waals surface area contributed by atoms with Gasteiger partial charge in [-0.05, 0) is 19.9 Å². The average Bonchev–Trinajstić information content (AvgIpc) is 2.86. The molecule has 0 unspecified atom stereocenters. The Morgan fingerprint density at radius 2 is 2.11 bits per heavy atom. The number of aromatic nitrogens is 4. The lowest BCUT2D eigenvalue weighted by Crippen LogP contribution is -2.05. The maximum atomic E-state index is 4.95. The zero-order chi connectivity index (χ0) is 13.0. The fourth-order valence-electron chi connectivity index (χ4n) is 1.45.